The molecule has 0 aliphatic carbocycles. The lowest BCUT2D eigenvalue weighted by atomic mass is 10.2. The van der Waals surface area contributed by atoms with E-state index in [0.717, 1.165) is 0 Å². The van der Waals surface area contributed by atoms with Crippen LogP contribution >= 0.6 is 0 Å². The van der Waals surface area contributed by atoms with Crippen LogP contribution in [0.15, 0.2) is 12.1 Å². The van der Waals surface area contributed by atoms with Gasteiger partial charge in [-0.15, -0.1) is 0 Å². The minimum atomic E-state index is -0.538. The van der Waals surface area contributed by atoms with Gasteiger partial charge in [0, 0.05) is 5.69 Å². The molecule has 0 spiro atoms. The van der Waals surface area contributed by atoms with Crippen LogP contribution in [0.3, 0.4) is 0 Å². The van der Waals surface area contributed by atoms with Crippen molar-refractivity contribution in [2.45, 2.75) is 6.92 Å². The van der Waals surface area contributed by atoms with Crippen LogP contribution in [-0.2, 0) is 4.74 Å². The van der Waals surface area contributed by atoms with Crippen molar-refractivity contribution < 1.29 is 14.7 Å². The molecule has 70 valence electrons. The van der Waals surface area contributed by atoms with Crippen LogP contribution in [0.2, 0.25) is 0 Å². The van der Waals surface area contributed by atoms with Gasteiger partial charge < -0.3 is 4.74 Å². The minimum absolute atomic E-state index is 0.104. The van der Waals surface area contributed by atoms with E-state index in [1.165, 1.54) is 13.2 Å². The van der Waals surface area contributed by atoms with E-state index in [0.29, 0.717) is 5.69 Å². The Kier molecular flexibility index (Phi) is 2.81. The maximum Gasteiger partial charge on any atom is 0.341 e. The van der Waals surface area contributed by atoms with Crippen molar-refractivity contribution in [1.29, 1.82) is 0 Å². The highest BCUT2D eigenvalue weighted by atomic mass is 16.5. The number of aryl methyl sites for hydroxylation is 1. The Morgan fingerprint density at radius 1 is 1.62 bits per heavy atom. The molecule has 0 aliphatic heterocycles. The molecule has 1 heterocycles. The van der Waals surface area contributed by atoms with Crippen molar-refractivity contribution >= 4 is 11.8 Å². The van der Waals surface area contributed by atoms with Gasteiger partial charge in [-0.3, -0.25) is 10.7 Å². The summed E-state index contributed by atoms with van der Waals surface area (Å²) in [6.45, 7) is 1.75. The molecule has 5 nitrogen and oxygen atoms in total. The van der Waals surface area contributed by atoms with Gasteiger partial charge >= 0.3 is 5.97 Å². The predicted molar refractivity (Wildman–Crippen MR) is 45.7 cm³/mol. The van der Waals surface area contributed by atoms with Crippen LogP contribution in [0.5, 0.6) is 0 Å². The Bertz CT molecular complexity index is 325. The number of ether oxygens (including phenoxy) is 1. The molecule has 0 aromatic carbocycles. The number of nitrogens with one attached hydrogen (secondary N) is 1. The van der Waals surface area contributed by atoms with E-state index in [2.05, 4.69) is 9.72 Å². The fraction of sp³-hybridized carbons (Fsp3) is 0.250. The molecule has 0 saturated heterocycles. The number of anilines is 1. The van der Waals surface area contributed by atoms with Gasteiger partial charge in [0.15, 0.2) is 5.82 Å². The Labute approximate surface area is 75.3 Å². The van der Waals surface area contributed by atoms with Crippen LogP contribution < -0.4 is 5.48 Å². The monoisotopic (exact) mass is 182 g/mol. The van der Waals surface area contributed by atoms with Crippen LogP contribution in [0.4, 0.5) is 5.82 Å². The summed E-state index contributed by atoms with van der Waals surface area (Å²) in [6.07, 6.45) is 0. The first-order valence-electron chi connectivity index (χ1n) is 3.65. The van der Waals surface area contributed by atoms with E-state index in [1.807, 2.05) is 5.48 Å². The van der Waals surface area contributed by atoms with E-state index in [4.69, 9.17) is 5.21 Å². The summed E-state index contributed by atoms with van der Waals surface area (Å²) in [7, 11) is 1.27. The fourth-order valence-corrected chi connectivity index (χ4v) is 0.917. The number of methoxy groups -OCH3 is 1. The lowest BCUT2D eigenvalue weighted by molar-refractivity contribution is 0.0600. The molecule has 0 atom stereocenters. The fourth-order valence-electron chi connectivity index (χ4n) is 0.917. The SMILES string of the molecule is COC(=O)c1ccc(C)nc1NO. The number of carbonyl (C=O) groups excluding carboxylic acids is 1. The summed E-state index contributed by atoms with van der Waals surface area (Å²) < 4.78 is 4.49. The number of nitrogens with zero attached hydrogens (tertiary/aromatic N) is 1. The number of aromatic nitrogens is 1. The van der Waals surface area contributed by atoms with Crippen molar-refractivity contribution in [3.8, 4) is 0 Å². The molecule has 13 heavy (non-hydrogen) atoms. The largest absolute Gasteiger partial charge is 0.465 e. The van der Waals surface area contributed by atoms with Gasteiger partial charge in [-0.1, -0.05) is 0 Å². The summed E-state index contributed by atoms with van der Waals surface area (Å²) in [5.74, 6) is -0.434. The first-order chi connectivity index (χ1) is 6.19. The second kappa shape index (κ2) is 3.86. The Morgan fingerprint density at radius 3 is 2.85 bits per heavy atom. The number of pyridine rings is 1. The van der Waals surface area contributed by atoms with Crippen molar-refractivity contribution in [2.24, 2.45) is 0 Å². The summed E-state index contributed by atoms with van der Waals surface area (Å²) in [5.41, 5.74) is 2.74. The summed E-state index contributed by atoms with van der Waals surface area (Å²) >= 11 is 0. The van der Waals surface area contributed by atoms with Crippen LogP contribution in [0, 0.1) is 6.92 Å². The minimum Gasteiger partial charge on any atom is -0.465 e. The molecule has 1 aromatic heterocycles. The van der Waals surface area contributed by atoms with Crippen molar-refractivity contribution in [3.05, 3.63) is 23.4 Å². The van der Waals surface area contributed by atoms with E-state index in [-0.39, 0.29) is 11.4 Å². The number of rotatable bonds is 2. The Morgan fingerprint density at radius 2 is 2.31 bits per heavy atom. The van der Waals surface area contributed by atoms with Crippen LogP contribution in [0.25, 0.3) is 0 Å². The third-order valence-electron chi connectivity index (χ3n) is 1.55. The van der Waals surface area contributed by atoms with E-state index >= 15 is 0 Å². The smallest absolute Gasteiger partial charge is 0.341 e. The molecular weight excluding hydrogens is 172 g/mol. The first-order valence-corrected chi connectivity index (χ1v) is 3.65. The third-order valence-corrected chi connectivity index (χ3v) is 1.55. The highest BCUT2D eigenvalue weighted by molar-refractivity contribution is 5.94. The highest BCUT2D eigenvalue weighted by Crippen LogP contribution is 2.13. The van der Waals surface area contributed by atoms with Gasteiger partial charge in [0.2, 0.25) is 0 Å². The third kappa shape index (κ3) is 1.94. The molecule has 1 rings (SSSR count). The number of hydrogen-bond acceptors (Lipinski definition) is 5. The Hall–Kier alpha value is -1.62. The number of hydrogen-bond donors (Lipinski definition) is 2. The van der Waals surface area contributed by atoms with Gasteiger partial charge in [-0.05, 0) is 19.1 Å². The standard InChI is InChI=1S/C8H10N2O3/c1-5-3-4-6(8(11)13-2)7(9-5)10-12/h3-4,12H,1-2H3,(H,9,10). The summed E-state index contributed by atoms with van der Waals surface area (Å²) in [5, 5.41) is 8.67. The average Bonchev–Trinajstić information content (AvgIpc) is 2.16. The number of carbonyl (C=O) groups is 1. The molecule has 0 saturated carbocycles. The van der Waals surface area contributed by atoms with Crippen molar-refractivity contribution in [3.63, 3.8) is 0 Å². The first kappa shape index (κ1) is 9.47. The van der Waals surface area contributed by atoms with Gasteiger partial charge in [0.25, 0.3) is 0 Å². The summed E-state index contributed by atoms with van der Waals surface area (Å²) in [4.78, 5) is 15.0. The molecule has 0 fully saturated rings. The van der Waals surface area contributed by atoms with Gasteiger partial charge in [-0.2, -0.15) is 0 Å². The predicted octanol–water partition coefficient (Wildman–Crippen LogP) is 0.978. The van der Waals surface area contributed by atoms with E-state index in [1.54, 1.807) is 13.0 Å². The molecule has 5 heteroatoms. The zero-order valence-corrected chi connectivity index (χ0v) is 7.37. The molecule has 0 unspecified atom stereocenters. The molecule has 2 N–H and O–H groups in total. The molecule has 0 radical (unpaired) electrons. The van der Waals surface area contributed by atoms with Crippen molar-refractivity contribution in [2.75, 3.05) is 12.6 Å². The molecule has 0 aliphatic rings. The highest BCUT2D eigenvalue weighted by Gasteiger charge is 2.12. The maximum atomic E-state index is 11.1. The zero-order chi connectivity index (χ0) is 9.84. The van der Waals surface area contributed by atoms with Gasteiger partial charge in [0.05, 0.1) is 7.11 Å². The van der Waals surface area contributed by atoms with E-state index in [9.17, 15) is 4.79 Å². The summed E-state index contributed by atoms with van der Waals surface area (Å²) in [6, 6.07) is 3.19. The average molecular weight is 182 g/mol. The Balaban J connectivity index is 3.13. The van der Waals surface area contributed by atoms with Crippen LogP contribution in [0.1, 0.15) is 16.1 Å². The normalized spacial score (nSPS) is 9.46. The second-order valence-corrected chi connectivity index (χ2v) is 2.45. The maximum absolute atomic E-state index is 11.1. The molecule has 1 aromatic rings. The second-order valence-electron chi connectivity index (χ2n) is 2.45. The molecule has 0 amide bonds. The van der Waals surface area contributed by atoms with Gasteiger partial charge in [-0.25, -0.2) is 9.78 Å². The molecule has 0 bridgehead atoms. The molecular formula is C8H10N2O3. The lowest BCUT2D eigenvalue weighted by Crippen LogP contribution is -2.08. The topological polar surface area (TPSA) is 71.5 Å². The quantitative estimate of drug-likeness (QED) is 0.527. The van der Waals surface area contributed by atoms with Crippen molar-refractivity contribution in [1.82, 2.24) is 4.98 Å². The number of esters is 1. The van der Waals surface area contributed by atoms with Gasteiger partial charge in [0.1, 0.15) is 5.56 Å². The van der Waals surface area contributed by atoms with Crippen LogP contribution in [-0.4, -0.2) is 23.3 Å². The zero-order valence-electron chi connectivity index (χ0n) is 7.37. The lowest BCUT2D eigenvalue weighted by Gasteiger charge is -2.05. The van der Waals surface area contributed by atoms with E-state index < -0.39 is 5.97 Å².